The second kappa shape index (κ2) is 3.72. The lowest BCUT2D eigenvalue weighted by atomic mass is 10.1. The smallest absolute Gasteiger partial charge is 0.232 e. The fraction of sp³-hybridized carbons (Fsp3) is 0.200. The molecule has 1 aliphatic heterocycles. The molecule has 20 heavy (non-hydrogen) atoms. The molecule has 0 bridgehead atoms. The standard InChI is InChI=1S/C15H12N2O3/c1-20-8-2-3-9-11(6-8)17-13(19)5-4-10-15(17)14(9)12(18)7-16-10/h2-3,6-7,18H,4-5H2,1H3. The van der Waals surface area contributed by atoms with Gasteiger partial charge in [0.1, 0.15) is 11.5 Å². The molecule has 100 valence electrons. The van der Waals surface area contributed by atoms with Crippen molar-refractivity contribution in [3.05, 3.63) is 30.1 Å². The molecule has 2 aromatic heterocycles. The van der Waals surface area contributed by atoms with Crippen LogP contribution in [-0.2, 0) is 6.42 Å². The van der Waals surface area contributed by atoms with Gasteiger partial charge in [0.2, 0.25) is 5.91 Å². The van der Waals surface area contributed by atoms with Gasteiger partial charge in [-0.1, -0.05) is 0 Å². The van der Waals surface area contributed by atoms with E-state index in [0.717, 1.165) is 22.1 Å². The van der Waals surface area contributed by atoms with Crippen molar-refractivity contribution in [2.75, 3.05) is 7.11 Å². The summed E-state index contributed by atoms with van der Waals surface area (Å²) < 4.78 is 6.88. The lowest BCUT2D eigenvalue weighted by Gasteiger charge is -2.14. The zero-order valence-corrected chi connectivity index (χ0v) is 10.9. The van der Waals surface area contributed by atoms with Crippen LogP contribution in [0.25, 0.3) is 21.8 Å². The first-order valence-corrected chi connectivity index (χ1v) is 6.43. The summed E-state index contributed by atoms with van der Waals surface area (Å²) in [5.41, 5.74) is 2.34. The molecular formula is C15H12N2O3. The van der Waals surface area contributed by atoms with E-state index in [1.54, 1.807) is 11.7 Å². The van der Waals surface area contributed by atoms with Crippen LogP contribution < -0.4 is 4.74 Å². The van der Waals surface area contributed by atoms with Crippen LogP contribution in [0.4, 0.5) is 0 Å². The molecule has 3 aromatic rings. The minimum atomic E-state index is 0.0261. The van der Waals surface area contributed by atoms with Crippen molar-refractivity contribution in [2.24, 2.45) is 0 Å². The van der Waals surface area contributed by atoms with Crippen molar-refractivity contribution >= 4 is 27.7 Å². The molecule has 1 N–H and O–H groups in total. The van der Waals surface area contributed by atoms with E-state index in [1.165, 1.54) is 6.20 Å². The van der Waals surface area contributed by atoms with Crippen molar-refractivity contribution in [3.63, 3.8) is 0 Å². The number of rotatable bonds is 1. The number of methoxy groups -OCH3 is 1. The first-order chi connectivity index (χ1) is 9.70. The Hall–Kier alpha value is -2.56. The Morgan fingerprint density at radius 1 is 1.35 bits per heavy atom. The van der Waals surface area contributed by atoms with Gasteiger partial charge in [0.15, 0.2) is 0 Å². The normalized spacial score (nSPS) is 14.2. The predicted octanol–water partition coefficient (Wildman–Crippen LogP) is 2.49. The van der Waals surface area contributed by atoms with Crippen LogP contribution in [0.5, 0.6) is 11.5 Å². The molecule has 0 radical (unpaired) electrons. The first kappa shape index (κ1) is 11.3. The van der Waals surface area contributed by atoms with E-state index in [9.17, 15) is 9.90 Å². The van der Waals surface area contributed by atoms with E-state index >= 15 is 0 Å². The van der Waals surface area contributed by atoms with Gasteiger partial charge in [-0.3, -0.25) is 14.3 Å². The Morgan fingerprint density at radius 3 is 3.00 bits per heavy atom. The number of fused-ring (bicyclic) bond motifs is 3. The number of nitrogens with zero attached hydrogens (tertiary/aromatic N) is 2. The van der Waals surface area contributed by atoms with Gasteiger partial charge in [0, 0.05) is 24.3 Å². The van der Waals surface area contributed by atoms with Crippen LogP contribution in [0.3, 0.4) is 0 Å². The zero-order chi connectivity index (χ0) is 13.9. The summed E-state index contributed by atoms with van der Waals surface area (Å²) in [7, 11) is 1.59. The largest absolute Gasteiger partial charge is 0.506 e. The maximum absolute atomic E-state index is 12.3. The van der Waals surface area contributed by atoms with Crippen molar-refractivity contribution in [2.45, 2.75) is 12.8 Å². The number of hydrogen-bond donors (Lipinski definition) is 1. The monoisotopic (exact) mass is 268 g/mol. The summed E-state index contributed by atoms with van der Waals surface area (Å²) in [5.74, 6) is 0.814. The average Bonchev–Trinajstić information content (AvgIpc) is 2.81. The number of carbonyl (C=O) groups excluding carboxylic acids is 1. The Balaban J connectivity index is 2.29. The molecule has 0 saturated carbocycles. The second-order valence-electron chi connectivity index (χ2n) is 4.93. The zero-order valence-electron chi connectivity index (χ0n) is 10.9. The van der Waals surface area contributed by atoms with E-state index in [2.05, 4.69) is 4.98 Å². The summed E-state index contributed by atoms with van der Waals surface area (Å²) in [4.78, 5) is 16.5. The molecule has 5 nitrogen and oxygen atoms in total. The van der Waals surface area contributed by atoms with Gasteiger partial charge in [-0.15, -0.1) is 0 Å². The van der Waals surface area contributed by atoms with Crippen molar-refractivity contribution in [1.82, 2.24) is 9.55 Å². The van der Waals surface area contributed by atoms with Gasteiger partial charge in [0.05, 0.1) is 35.4 Å². The van der Waals surface area contributed by atoms with Crippen LogP contribution in [-0.4, -0.2) is 27.7 Å². The van der Waals surface area contributed by atoms with Crippen LogP contribution in [0.2, 0.25) is 0 Å². The molecule has 1 aromatic carbocycles. The second-order valence-corrected chi connectivity index (χ2v) is 4.93. The molecule has 0 spiro atoms. The Morgan fingerprint density at radius 2 is 2.20 bits per heavy atom. The first-order valence-electron chi connectivity index (χ1n) is 6.43. The van der Waals surface area contributed by atoms with E-state index in [0.29, 0.717) is 24.0 Å². The molecule has 4 rings (SSSR count). The third kappa shape index (κ3) is 1.27. The Kier molecular flexibility index (Phi) is 2.10. The van der Waals surface area contributed by atoms with E-state index in [1.807, 2.05) is 18.2 Å². The summed E-state index contributed by atoms with van der Waals surface area (Å²) in [6.45, 7) is 0. The molecule has 0 saturated heterocycles. The van der Waals surface area contributed by atoms with Gasteiger partial charge in [0.25, 0.3) is 0 Å². The molecule has 0 unspecified atom stereocenters. The molecule has 0 aliphatic carbocycles. The number of aromatic hydroxyl groups is 1. The van der Waals surface area contributed by atoms with Crippen LogP contribution in [0, 0.1) is 0 Å². The summed E-state index contributed by atoms with van der Waals surface area (Å²) in [5, 5.41) is 11.7. The molecule has 3 heterocycles. The SMILES string of the molecule is COc1ccc2c3c(O)cnc4c3n(c2c1)C(=O)CC4. The minimum absolute atomic E-state index is 0.0261. The number of aromatic nitrogens is 2. The maximum atomic E-state index is 12.3. The highest BCUT2D eigenvalue weighted by Gasteiger charge is 2.25. The van der Waals surface area contributed by atoms with Gasteiger partial charge >= 0.3 is 0 Å². The highest BCUT2D eigenvalue weighted by Crippen LogP contribution is 2.39. The van der Waals surface area contributed by atoms with Gasteiger partial charge < -0.3 is 9.84 Å². The topological polar surface area (TPSA) is 64.3 Å². The Labute approximate surface area is 114 Å². The average molecular weight is 268 g/mol. The van der Waals surface area contributed by atoms with Crippen LogP contribution in [0.1, 0.15) is 16.9 Å². The number of pyridine rings is 1. The van der Waals surface area contributed by atoms with E-state index < -0.39 is 0 Å². The van der Waals surface area contributed by atoms with E-state index in [-0.39, 0.29) is 11.7 Å². The molecule has 0 fully saturated rings. The molecule has 0 amide bonds. The fourth-order valence-corrected chi connectivity index (χ4v) is 2.97. The van der Waals surface area contributed by atoms with Crippen molar-refractivity contribution in [3.8, 4) is 11.5 Å². The molecule has 1 aliphatic rings. The third-order valence-electron chi connectivity index (χ3n) is 3.87. The lowest BCUT2D eigenvalue weighted by molar-refractivity contribution is 0.0907. The third-order valence-corrected chi connectivity index (χ3v) is 3.87. The van der Waals surface area contributed by atoms with Crippen molar-refractivity contribution < 1.29 is 14.6 Å². The number of benzene rings is 1. The highest BCUT2D eigenvalue weighted by molar-refractivity contribution is 6.17. The van der Waals surface area contributed by atoms with Gasteiger partial charge in [-0.05, 0) is 12.1 Å². The minimum Gasteiger partial charge on any atom is -0.506 e. The molecular weight excluding hydrogens is 256 g/mol. The summed E-state index contributed by atoms with van der Waals surface area (Å²) in [6, 6.07) is 5.52. The predicted molar refractivity (Wildman–Crippen MR) is 74.4 cm³/mol. The Bertz CT molecular complexity index is 880. The maximum Gasteiger partial charge on any atom is 0.232 e. The number of aryl methyl sites for hydroxylation is 1. The molecule has 5 heteroatoms. The summed E-state index contributed by atoms with van der Waals surface area (Å²) in [6.07, 6.45) is 2.51. The van der Waals surface area contributed by atoms with Crippen molar-refractivity contribution in [1.29, 1.82) is 0 Å². The number of ether oxygens (including phenoxy) is 1. The quantitative estimate of drug-likeness (QED) is 0.736. The summed E-state index contributed by atoms with van der Waals surface area (Å²) >= 11 is 0. The number of carbonyl (C=O) groups is 1. The molecule has 0 atom stereocenters. The number of hydrogen-bond acceptors (Lipinski definition) is 4. The highest BCUT2D eigenvalue weighted by atomic mass is 16.5. The fourth-order valence-electron chi connectivity index (χ4n) is 2.97. The van der Waals surface area contributed by atoms with Crippen LogP contribution >= 0.6 is 0 Å². The van der Waals surface area contributed by atoms with Crippen LogP contribution in [0.15, 0.2) is 24.4 Å². The van der Waals surface area contributed by atoms with Gasteiger partial charge in [-0.25, -0.2) is 0 Å². The van der Waals surface area contributed by atoms with Gasteiger partial charge in [-0.2, -0.15) is 0 Å². The lowest BCUT2D eigenvalue weighted by Crippen LogP contribution is -2.17. The van der Waals surface area contributed by atoms with E-state index in [4.69, 9.17) is 4.74 Å².